The van der Waals surface area contributed by atoms with Gasteiger partial charge in [-0.1, -0.05) is 36.4 Å². The highest BCUT2D eigenvalue weighted by Gasteiger charge is 2.16. The van der Waals surface area contributed by atoms with E-state index in [-0.39, 0.29) is 10.8 Å². The highest BCUT2D eigenvalue weighted by atomic mass is 32.2. The van der Waals surface area contributed by atoms with Gasteiger partial charge >= 0.3 is 0 Å². The molecule has 30 heavy (non-hydrogen) atoms. The number of rotatable bonds is 7. The van der Waals surface area contributed by atoms with Gasteiger partial charge in [0, 0.05) is 11.8 Å². The highest BCUT2D eigenvalue weighted by molar-refractivity contribution is 7.92. The summed E-state index contributed by atoms with van der Waals surface area (Å²) >= 11 is 0. The molecule has 1 amide bonds. The first kappa shape index (κ1) is 21.1. The lowest BCUT2D eigenvalue weighted by molar-refractivity contribution is -0.111. The largest absolute Gasteiger partial charge is 0.495 e. The Morgan fingerprint density at radius 3 is 2.40 bits per heavy atom. The molecule has 0 aliphatic carbocycles. The van der Waals surface area contributed by atoms with E-state index in [1.54, 1.807) is 42.5 Å². The average Bonchev–Trinajstić information content (AvgIpc) is 2.73. The van der Waals surface area contributed by atoms with Crippen LogP contribution in [0.25, 0.3) is 6.08 Å². The number of hydrogen-bond donors (Lipinski definition) is 2. The third kappa shape index (κ3) is 5.48. The van der Waals surface area contributed by atoms with Crippen LogP contribution in [0.5, 0.6) is 5.75 Å². The Hall–Kier alpha value is -3.58. The fraction of sp³-hybridized carbons (Fsp3) is 0.0870. The summed E-state index contributed by atoms with van der Waals surface area (Å²) in [5, 5.41) is 2.78. The topological polar surface area (TPSA) is 84.5 Å². The SMILES string of the molecule is COc1ccccc1NS(=O)(=O)c1ccc(/C=C/C(=O)Nc2cccc(C)c2)cc1. The summed E-state index contributed by atoms with van der Waals surface area (Å²) < 4.78 is 33.0. The summed E-state index contributed by atoms with van der Waals surface area (Å²) in [6, 6.07) is 20.5. The second-order valence-electron chi connectivity index (χ2n) is 6.57. The molecular weight excluding hydrogens is 400 g/mol. The van der Waals surface area contributed by atoms with Crippen molar-refractivity contribution in [3.8, 4) is 5.75 Å². The monoisotopic (exact) mass is 422 g/mol. The number of ether oxygens (including phenoxy) is 1. The maximum Gasteiger partial charge on any atom is 0.262 e. The van der Waals surface area contributed by atoms with Gasteiger partial charge in [0.1, 0.15) is 5.75 Å². The Morgan fingerprint density at radius 1 is 0.967 bits per heavy atom. The number of methoxy groups -OCH3 is 1. The second-order valence-corrected chi connectivity index (χ2v) is 8.25. The zero-order valence-corrected chi connectivity index (χ0v) is 17.4. The van der Waals surface area contributed by atoms with Crippen molar-refractivity contribution in [2.24, 2.45) is 0 Å². The standard InChI is InChI=1S/C23H22N2O4S/c1-17-6-5-7-19(16-17)24-23(26)15-12-18-10-13-20(14-11-18)30(27,28)25-21-8-3-4-9-22(21)29-2/h3-16,25H,1-2H3,(H,24,26)/b15-12+. The Morgan fingerprint density at radius 2 is 1.70 bits per heavy atom. The van der Waals surface area contributed by atoms with Crippen LogP contribution >= 0.6 is 0 Å². The quantitative estimate of drug-likeness (QED) is 0.551. The molecule has 154 valence electrons. The molecule has 3 rings (SSSR count). The molecule has 0 heterocycles. The van der Waals surface area contributed by atoms with Crippen molar-refractivity contribution in [2.75, 3.05) is 17.1 Å². The Labute approximate surface area is 176 Å². The molecule has 0 bridgehead atoms. The van der Waals surface area contributed by atoms with Crippen LogP contribution in [0, 0.1) is 6.92 Å². The van der Waals surface area contributed by atoms with E-state index in [1.807, 2.05) is 31.2 Å². The molecule has 2 N–H and O–H groups in total. The highest BCUT2D eigenvalue weighted by Crippen LogP contribution is 2.26. The van der Waals surface area contributed by atoms with Gasteiger partial charge in [-0.25, -0.2) is 8.42 Å². The van der Waals surface area contributed by atoms with E-state index in [0.717, 1.165) is 5.56 Å². The Bertz CT molecular complexity index is 1170. The minimum Gasteiger partial charge on any atom is -0.495 e. The van der Waals surface area contributed by atoms with Crippen LogP contribution < -0.4 is 14.8 Å². The first-order valence-corrected chi connectivity index (χ1v) is 10.7. The third-order valence-corrected chi connectivity index (χ3v) is 5.64. The molecule has 0 saturated heterocycles. The van der Waals surface area contributed by atoms with Gasteiger partial charge in [-0.2, -0.15) is 0 Å². The minimum absolute atomic E-state index is 0.106. The third-order valence-electron chi connectivity index (χ3n) is 4.25. The second kappa shape index (κ2) is 9.28. The van der Waals surface area contributed by atoms with Crippen molar-refractivity contribution in [3.63, 3.8) is 0 Å². The van der Waals surface area contributed by atoms with Crippen LogP contribution in [0.1, 0.15) is 11.1 Å². The molecule has 7 heteroatoms. The van der Waals surface area contributed by atoms with E-state index in [9.17, 15) is 13.2 Å². The van der Waals surface area contributed by atoms with E-state index >= 15 is 0 Å². The number of anilines is 2. The number of carbonyl (C=O) groups is 1. The predicted molar refractivity (Wildman–Crippen MR) is 119 cm³/mol. The normalized spacial score (nSPS) is 11.3. The van der Waals surface area contributed by atoms with Crippen molar-refractivity contribution in [3.05, 3.63) is 90.0 Å². The van der Waals surface area contributed by atoms with Crippen LogP contribution in [0.2, 0.25) is 0 Å². The van der Waals surface area contributed by atoms with Crippen LogP contribution in [-0.4, -0.2) is 21.4 Å². The summed E-state index contributed by atoms with van der Waals surface area (Å²) in [6.07, 6.45) is 3.02. The number of sulfonamides is 1. The molecule has 6 nitrogen and oxygen atoms in total. The zero-order valence-electron chi connectivity index (χ0n) is 16.6. The number of carbonyl (C=O) groups excluding carboxylic acids is 1. The van der Waals surface area contributed by atoms with E-state index in [0.29, 0.717) is 22.7 Å². The molecule has 0 radical (unpaired) electrons. The molecule has 3 aromatic carbocycles. The van der Waals surface area contributed by atoms with Gasteiger partial charge in [0.05, 0.1) is 17.7 Å². The summed E-state index contributed by atoms with van der Waals surface area (Å²) in [5.41, 5.74) is 2.83. The lowest BCUT2D eigenvalue weighted by atomic mass is 10.2. The molecule has 0 unspecified atom stereocenters. The fourth-order valence-corrected chi connectivity index (χ4v) is 3.84. The van der Waals surface area contributed by atoms with Gasteiger partial charge in [-0.3, -0.25) is 9.52 Å². The number of benzene rings is 3. The Kier molecular flexibility index (Phi) is 6.54. The van der Waals surface area contributed by atoms with Crippen LogP contribution in [0.3, 0.4) is 0 Å². The smallest absolute Gasteiger partial charge is 0.262 e. The van der Waals surface area contributed by atoms with Crippen LogP contribution in [0.15, 0.2) is 83.8 Å². The van der Waals surface area contributed by atoms with Crippen LogP contribution in [-0.2, 0) is 14.8 Å². The lowest BCUT2D eigenvalue weighted by Crippen LogP contribution is -2.13. The predicted octanol–water partition coefficient (Wildman–Crippen LogP) is 4.46. The maximum absolute atomic E-state index is 12.6. The van der Waals surface area contributed by atoms with E-state index in [1.165, 1.54) is 25.3 Å². The lowest BCUT2D eigenvalue weighted by Gasteiger charge is -2.11. The Balaban J connectivity index is 1.68. The van der Waals surface area contributed by atoms with Crippen molar-refractivity contribution >= 4 is 33.4 Å². The van der Waals surface area contributed by atoms with Gasteiger partial charge in [0.15, 0.2) is 0 Å². The fourth-order valence-electron chi connectivity index (χ4n) is 2.77. The molecule has 0 fully saturated rings. The summed E-state index contributed by atoms with van der Waals surface area (Å²) in [7, 11) is -2.30. The molecular formula is C23H22N2O4S. The first-order chi connectivity index (χ1) is 14.4. The average molecular weight is 423 g/mol. The molecule has 0 aliphatic heterocycles. The molecule has 3 aromatic rings. The van der Waals surface area contributed by atoms with Gasteiger partial charge in [-0.05, 0) is 60.5 Å². The van der Waals surface area contributed by atoms with Crippen molar-refractivity contribution in [2.45, 2.75) is 11.8 Å². The van der Waals surface area contributed by atoms with Gasteiger partial charge < -0.3 is 10.1 Å². The molecule has 0 atom stereocenters. The number of amides is 1. The molecule has 0 aliphatic rings. The summed E-state index contributed by atoms with van der Waals surface area (Å²) in [6.45, 7) is 1.95. The summed E-state index contributed by atoms with van der Waals surface area (Å²) in [5.74, 6) is 0.162. The minimum atomic E-state index is -3.77. The number of nitrogens with one attached hydrogen (secondary N) is 2. The zero-order chi connectivity index (χ0) is 21.6. The van der Waals surface area contributed by atoms with Gasteiger partial charge in [0.2, 0.25) is 5.91 Å². The first-order valence-electron chi connectivity index (χ1n) is 9.19. The molecule has 0 spiro atoms. The summed E-state index contributed by atoms with van der Waals surface area (Å²) in [4.78, 5) is 12.2. The van der Waals surface area contributed by atoms with Crippen molar-refractivity contribution in [1.82, 2.24) is 0 Å². The van der Waals surface area contributed by atoms with Crippen molar-refractivity contribution in [1.29, 1.82) is 0 Å². The van der Waals surface area contributed by atoms with Crippen molar-refractivity contribution < 1.29 is 17.9 Å². The van der Waals surface area contributed by atoms with Crippen LogP contribution in [0.4, 0.5) is 11.4 Å². The molecule has 0 aromatic heterocycles. The van der Waals surface area contributed by atoms with E-state index < -0.39 is 10.0 Å². The van der Waals surface area contributed by atoms with Gasteiger partial charge in [-0.15, -0.1) is 0 Å². The van der Waals surface area contributed by atoms with E-state index in [4.69, 9.17) is 4.74 Å². The number of para-hydroxylation sites is 2. The van der Waals surface area contributed by atoms with Gasteiger partial charge in [0.25, 0.3) is 10.0 Å². The maximum atomic E-state index is 12.6. The number of aryl methyl sites for hydroxylation is 1. The number of hydrogen-bond acceptors (Lipinski definition) is 4. The molecule has 0 saturated carbocycles. The van der Waals surface area contributed by atoms with E-state index in [2.05, 4.69) is 10.0 Å².